The van der Waals surface area contributed by atoms with E-state index in [1.54, 1.807) is 0 Å². The molecule has 1 aromatic carbocycles. The predicted molar refractivity (Wildman–Crippen MR) is 45.9 cm³/mol. The second kappa shape index (κ2) is 3.02. The van der Waals surface area contributed by atoms with E-state index in [9.17, 15) is 13.2 Å². The molecule has 0 amide bonds. The van der Waals surface area contributed by atoms with E-state index in [1.165, 1.54) is 18.2 Å². The minimum absolute atomic E-state index is 0.126. The first kappa shape index (κ1) is 9.59. The summed E-state index contributed by atoms with van der Waals surface area (Å²) in [5.41, 5.74) is 0.429. The molecule has 0 unspecified atom stereocenters. The Morgan fingerprint density at radius 3 is 2.53 bits per heavy atom. The molecule has 5 heteroatoms. The minimum atomic E-state index is -4.49. The van der Waals surface area contributed by atoms with Gasteiger partial charge in [0.1, 0.15) is 5.58 Å². The summed E-state index contributed by atoms with van der Waals surface area (Å²) in [5.74, 6) is -1.05. The summed E-state index contributed by atoms with van der Waals surface area (Å²) in [4.78, 5) is 0. The molecule has 0 fully saturated rings. The van der Waals surface area contributed by atoms with Gasteiger partial charge in [0, 0.05) is 5.39 Å². The fourth-order valence-corrected chi connectivity index (χ4v) is 1.25. The first-order valence-corrected chi connectivity index (χ1v) is 4.01. The van der Waals surface area contributed by atoms with Crippen molar-refractivity contribution in [3.63, 3.8) is 0 Å². The summed E-state index contributed by atoms with van der Waals surface area (Å²) in [6.07, 6.45) is -4.49. The van der Waals surface area contributed by atoms with Gasteiger partial charge in [-0.1, -0.05) is 0 Å². The molecule has 0 aliphatic carbocycles. The van der Waals surface area contributed by atoms with Crippen LogP contribution in [0.15, 0.2) is 28.7 Å². The van der Waals surface area contributed by atoms with Gasteiger partial charge in [0.05, 0.1) is 11.6 Å². The molecular weight excluding hydrogens is 207 g/mol. The first-order valence-electron chi connectivity index (χ1n) is 4.01. The van der Waals surface area contributed by atoms with Crippen molar-refractivity contribution < 1.29 is 17.6 Å². The molecule has 15 heavy (non-hydrogen) atoms. The molecule has 0 saturated heterocycles. The van der Waals surface area contributed by atoms with Gasteiger partial charge in [0.15, 0.2) is 0 Å². The van der Waals surface area contributed by atoms with Gasteiger partial charge in [-0.15, -0.1) is 0 Å². The second-order valence-electron chi connectivity index (χ2n) is 2.97. The lowest BCUT2D eigenvalue weighted by molar-refractivity contribution is -0.152. The van der Waals surface area contributed by atoms with E-state index in [1.807, 2.05) is 6.07 Å². The van der Waals surface area contributed by atoms with Crippen molar-refractivity contribution >= 4 is 11.0 Å². The SMILES string of the molecule is N#Cc1ccc2oc(C(F)(F)F)cc2c1. The Labute approximate surface area is 82.5 Å². The zero-order valence-electron chi connectivity index (χ0n) is 7.30. The maximum Gasteiger partial charge on any atom is 0.449 e. The van der Waals surface area contributed by atoms with Crippen molar-refractivity contribution in [2.24, 2.45) is 0 Å². The van der Waals surface area contributed by atoms with Crippen molar-refractivity contribution in [1.29, 1.82) is 5.26 Å². The Morgan fingerprint density at radius 1 is 1.20 bits per heavy atom. The van der Waals surface area contributed by atoms with Gasteiger partial charge in [-0.2, -0.15) is 18.4 Å². The third kappa shape index (κ3) is 1.66. The molecule has 0 aliphatic rings. The van der Waals surface area contributed by atoms with E-state index in [4.69, 9.17) is 5.26 Å². The standard InChI is InChI=1S/C10H4F3NO/c11-10(12,13)9-4-7-3-6(5-14)1-2-8(7)15-9/h1-4H. The van der Waals surface area contributed by atoms with E-state index >= 15 is 0 Å². The van der Waals surface area contributed by atoms with Crippen LogP contribution in [0.4, 0.5) is 13.2 Å². The molecule has 1 heterocycles. The molecule has 76 valence electrons. The van der Waals surface area contributed by atoms with Gasteiger partial charge in [-0.25, -0.2) is 0 Å². The highest BCUT2D eigenvalue weighted by Crippen LogP contribution is 2.33. The van der Waals surface area contributed by atoms with Crippen molar-refractivity contribution in [3.05, 3.63) is 35.6 Å². The Balaban J connectivity index is 2.62. The lowest BCUT2D eigenvalue weighted by Gasteiger charge is -1.98. The number of nitrogens with zero attached hydrogens (tertiary/aromatic N) is 1. The zero-order valence-corrected chi connectivity index (χ0v) is 7.30. The summed E-state index contributed by atoms with van der Waals surface area (Å²) in [7, 11) is 0. The van der Waals surface area contributed by atoms with Crippen molar-refractivity contribution in [1.82, 2.24) is 0 Å². The summed E-state index contributed by atoms with van der Waals surface area (Å²) in [6.45, 7) is 0. The molecule has 0 aliphatic heterocycles. The molecule has 2 rings (SSSR count). The van der Waals surface area contributed by atoms with Crippen LogP contribution in [0, 0.1) is 11.3 Å². The summed E-state index contributed by atoms with van der Waals surface area (Å²) in [5, 5.41) is 8.84. The molecular formula is C10H4F3NO. The highest BCUT2D eigenvalue weighted by atomic mass is 19.4. The largest absolute Gasteiger partial charge is 0.451 e. The van der Waals surface area contributed by atoms with Crippen LogP contribution < -0.4 is 0 Å². The number of fused-ring (bicyclic) bond motifs is 1. The molecule has 0 bridgehead atoms. The Kier molecular flexibility index (Phi) is 1.93. The Bertz CT molecular complexity index is 548. The van der Waals surface area contributed by atoms with Crippen LogP contribution in [-0.2, 0) is 6.18 Å². The molecule has 2 aromatic rings. The average molecular weight is 211 g/mol. The molecule has 0 saturated carbocycles. The van der Waals surface area contributed by atoms with Crippen LogP contribution in [0.3, 0.4) is 0 Å². The summed E-state index contributed by atoms with van der Waals surface area (Å²) < 4.78 is 41.3. The lowest BCUT2D eigenvalue weighted by atomic mass is 10.2. The average Bonchev–Trinajstić information content (AvgIpc) is 2.59. The number of nitriles is 1. The molecule has 0 atom stereocenters. The third-order valence-corrected chi connectivity index (χ3v) is 1.92. The lowest BCUT2D eigenvalue weighted by Crippen LogP contribution is -2.01. The van der Waals surface area contributed by atoms with E-state index in [0.29, 0.717) is 5.56 Å². The normalized spacial score (nSPS) is 11.6. The van der Waals surface area contributed by atoms with Crippen molar-refractivity contribution in [2.75, 3.05) is 0 Å². The number of hydrogen-bond donors (Lipinski definition) is 0. The van der Waals surface area contributed by atoms with E-state index in [-0.39, 0.29) is 11.0 Å². The van der Waals surface area contributed by atoms with Crippen LogP contribution in [0.2, 0.25) is 0 Å². The molecule has 1 aromatic heterocycles. The number of alkyl halides is 3. The van der Waals surface area contributed by atoms with Crippen LogP contribution in [0.5, 0.6) is 0 Å². The van der Waals surface area contributed by atoms with Crippen molar-refractivity contribution in [3.8, 4) is 6.07 Å². The number of hydrogen-bond acceptors (Lipinski definition) is 2. The minimum Gasteiger partial charge on any atom is -0.451 e. The summed E-state index contributed by atoms with van der Waals surface area (Å²) in [6, 6.07) is 6.84. The quantitative estimate of drug-likeness (QED) is 0.670. The van der Waals surface area contributed by atoms with Gasteiger partial charge < -0.3 is 4.42 Å². The van der Waals surface area contributed by atoms with Crippen LogP contribution in [0.25, 0.3) is 11.0 Å². The maximum absolute atomic E-state index is 12.2. The topological polar surface area (TPSA) is 36.9 Å². The van der Waals surface area contributed by atoms with Crippen LogP contribution in [0.1, 0.15) is 11.3 Å². The maximum atomic E-state index is 12.2. The van der Waals surface area contributed by atoms with Gasteiger partial charge in [-0.05, 0) is 24.3 Å². The van der Waals surface area contributed by atoms with E-state index in [0.717, 1.165) is 6.07 Å². The fourth-order valence-electron chi connectivity index (χ4n) is 1.25. The van der Waals surface area contributed by atoms with E-state index < -0.39 is 11.9 Å². The number of halogens is 3. The number of benzene rings is 1. The first-order chi connectivity index (χ1) is 7.00. The third-order valence-electron chi connectivity index (χ3n) is 1.92. The fraction of sp³-hybridized carbons (Fsp3) is 0.100. The predicted octanol–water partition coefficient (Wildman–Crippen LogP) is 3.32. The number of furan rings is 1. The molecule has 0 radical (unpaired) electrons. The highest BCUT2D eigenvalue weighted by molar-refractivity contribution is 5.79. The van der Waals surface area contributed by atoms with Crippen LogP contribution >= 0.6 is 0 Å². The summed E-state index contributed by atoms with van der Waals surface area (Å²) >= 11 is 0. The number of rotatable bonds is 0. The van der Waals surface area contributed by atoms with Crippen LogP contribution in [-0.4, -0.2) is 0 Å². The van der Waals surface area contributed by atoms with Gasteiger partial charge >= 0.3 is 6.18 Å². The van der Waals surface area contributed by atoms with E-state index in [2.05, 4.69) is 4.42 Å². The molecule has 2 nitrogen and oxygen atoms in total. The zero-order chi connectivity index (χ0) is 11.1. The molecule has 0 spiro atoms. The Morgan fingerprint density at radius 2 is 1.93 bits per heavy atom. The van der Waals surface area contributed by atoms with Gasteiger partial charge in [0.25, 0.3) is 0 Å². The second-order valence-corrected chi connectivity index (χ2v) is 2.97. The van der Waals surface area contributed by atoms with Gasteiger partial charge in [-0.3, -0.25) is 0 Å². The van der Waals surface area contributed by atoms with Gasteiger partial charge in [0.2, 0.25) is 5.76 Å². The van der Waals surface area contributed by atoms with Crippen molar-refractivity contribution in [2.45, 2.75) is 6.18 Å². The smallest absolute Gasteiger partial charge is 0.449 e. The molecule has 0 N–H and O–H groups in total. The monoisotopic (exact) mass is 211 g/mol. The highest BCUT2D eigenvalue weighted by Gasteiger charge is 2.35. The Hall–Kier alpha value is -1.96.